The number of halogens is 1. The lowest BCUT2D eigenvalue weighted by atomic mass is 9.98. The molecule has 1 amide bonds. The summed E-state index contributed by atoms with van der Waals surface area (Å²) in [5, 5.41) is 65.0. The van der Waals surface area contributed by atoms with Gasteiger partial charge in [-0.2, -0.15) is 0 Å². The van der Waals surface area contributed by atoms with Crippen LogP contribution in [0.2, 0.25) is 0 Å². The van der Waals surface area contributed by atoms with Gasteiger partial charge in [0.05, 0.1) is 25.4 Å². The molecule has 12 heteroatoms. The number of rotatable bonds is 39. The third-order valence-electron chi connectivity index (χ3n) is 11.3. The van der Waals surface area contributed by atoms with Gasteiger partial charge < -0.3 is 45.4 Å². The molecule has 1 saturated heterocycles. The third kappa shape index (κ3) is 26.0. The number of ketones is 1. The summed E-state index contributed by atoms with van der Waals surface area (Å²) >= 11 is 0. The maximum Gasteiger partial charge on any atom is 0.220 e. The van der Waals surface area contributed by atoms with E-state index in [1.54, 1.807) is 0 Å². The van der Waals surface area contributed by atoms with E-state index >= 15 is 0 Å². The average Bonchev–Trinajstić information content (AvgIpc) is 3.20. The molecule has 11 nitrogen and oxygen atoms in total. The summed E-state index contributed by atoms with van der Waals surface area (Å²) < 4.78 is 23.3. The van der Waals surface area contributed by atoms with Gasteiger partial charge in [-0.25, -0.2) is 4.39 Å². The van der Waals surface area contributed by atoms with Crippen LogP contribution in [0.25, 0.3) is 0 Å². The number of aliphatic hydroxyl groups excluding tert-OH is 6. The van der Waals surface area contributed by atoms with E-state index in [0.29, 0.717) is 19.3 Å². The van der Waals surface area contributed by atoms with Crippen molar-refractivity contribution in [1.29, 1.82) is 0 Å². The Bertz CT molecular complexity index is 930. The van der Waals surface area contributed by atoms with Gasteiger partial charge in [0.25, 0.3) is 0 Å². The summed E-state index contributed by atoms with van der Waals surface area (Å²) in [6.07, 6.45) is 21.8. The monoisotopic (exact) mass is 806 g/mol. The fourth-order valence-electron chi connectivity index (χ4n) is 7.51. The van der Waals surface area contributed by atoms with Gasteiger partial charge in [-0.15, -0.1) is 0 Å². The molecular formula is C44H84FNO10. The second-order valence-electron chi connectivity index (χ2n) is 16.4. The molecular weight excluding hydrogens is 721 g/mol. The first kappa shape index (κ1) is 52.8. The molecule has 0 spiro atoms. The maximum absolute atomic E-state index is 13.0. The summed E-state index contributed by atoms with van der Waals surface area (Å²) in [4.78, 5) is 24.0. The number of Topliss-reactive ketones (excluding diaryl/α,β-unsaturated/α-hetero) is 1. The Balaban J connectivity index is 2.35. The summed E-state index contributed by atoms with van der Waals surface area (Å²) in [5.41, 5.74) is 0. The number of aliphatic hydroxyl groups is 6. The van der Waals surface area contributed by atoms with E-state index in [4.69, 9.17) is 9.47 Å². The Hall–Kier alpha value is -1.25. The summed E-state index contributed by atoms with van der Waals surface area (Å²) in [5.74, 6) is -0.565. The highest BCUT2D eigenvalue weighted by atomic mass is 19.1. The van der Waals surface area contributed by atoms with Crippen LogP contribution in [0, 0.1) is 0 Å². The molecule has 0 aromatic carbocycles. The van der Waals surface area contributed by atoms with Crippen molar-refractivity contribution in [1.82, 2.24) is 5.32 Å². The molecule has 0 aliphatic carbocycles. The molecule has 0 radical (unpaired) electrons. The van der Waals surface area contributed by atoms with E-state index < -0.39 is 62.2 Å². The van der Waals surface area contributed by atoms with Gasteiger partial charge in [0, 0.05) is 12.8 Å². The Morgan fingerprint density at radius 1 is 0.625 bits per heavy atom. The summed E-state index contributed by atoms with van der Waals surface area (Å²) in [6.45, 7) is 0.466. The van der Waals surface area contributed by atoms with Crippen molar-refractivity contribution in [3.05, 3.63) is 0 Å². The Morgan fingerprint density at radius 2 is 1.05 bits per heavy atom. The van der Waals surface area contributed by atoms with Crippen molar-refractivity contribution in [3.63, 3.8) is 0 Å². The van der Waals surface area contributed by atoms with Crippen LogP contribution in [0.15, 0.2) is 0 Å². The van der Waals surface area contributed by atoms with Gasteiger partial charge in [0.1, 0.15) is 37.2 Å². The van der Waals surface area contributed by atoms with Gasteiger partial charge in [-0.3, -0.25) is 9.59 Å². The topological polar surface area (TPSA) is 186 Å². The molecule has 1 aliphatic rings. The van der Waals surface area contributed by atoms with Crippen molar-refractivity contribution >= 4 is 11.7 Å². The Morgan fingerprint density at radius 3 is 1.50 bits per heavy atom. The van der Waals surface area contributed by atoms with E-state index in [9.17, 15) is 44.6 Å². The number of alkyl halides is 1. The minimum atomic E-state index is -1.62. The number of carbonyl (C=O) groups excluding carboxylic acids is 2. The lowest BCUT2D eigenvalue weighted by Crippen LogP contribution is -2.60. The van der Waals surface area contributed by atoms with Gasteiger partial charge in [0.2, 0.25) is 5.91 Å². The van der Waals surface area contributed by atoms with Gasteiger partial charge in [0.15, 0.2) is 12.1 Å². The van der Waals surface area contributed by atoms with Gasteiger partial charge >= 0.3 is 0 Å². The quantitative estimate of drug-likeness (QED) is 0.0312. The number of amides is 1. The second-order valence-corrected chi connectivity index (χ2v) is 16.4. The molecule has 0 aromatic rings. The van der Waals surface area contributed by atoms with Crippen molar-refractivity contribution in [3.8, 4) is 0 Å². The molecule has 1 fully saturated rings. The molecule has 56 heavy (non-hydrogen) atoms. The van der Waals surface area contributed by atoms with Crippen LogP contribution in [0.1, 0.15) is 200 Å². The fourth-order valence-corrected chi connectivity index (χ4v) is 7.51. The molecule has 332 valence electrons. The highest BCUT2D eigenvalue weighted by molar-refractivity contribution is 5.79. The van der Waals surface area contributed by atoms with Crippen LogP contribution in [-0.2, 0) is 19.1 Å². The molecule has 0 bridgehead atoms. The minimum Gasteiger partial charge on any atom is -0.394 e. The molecule has 8 atom stereocenters. The van der Waals surface area contributed by atoms with E-state index in [1.807, 2.05) is 0 Å². The summed E-state index contributed by atoms with van der Waals surface area (Å²) in [7, 11) is 0. The Kier molecular flexibility index (Phi) is 33.6. The number of hydrogen-bond donors (Lipinski definition) is 7. The first-order chi connectivity index (χ1) is 27.2. The standard InChI is InChI=1S/C44H84FNO10/c1-2-3-4-5-6-7-8-15-18-21-24-27-30-37(49)40(51)36(34-55-44-43(54)42(53)41(52)38(33-47)56-44)46-39(50)31-28-25-22-19-16-13-11-9-10-12-14-17-20-23-26-29-35(48)32-45/h36-38,40-44,47,49,51-54H,2-34H2,1H3,(H,46,50)/t36-,37+,38+,40-,41-,42-,43+,44-/m0/s1. The predicted octanol–water partition coefficient (Wildman–Crippen LogP) is 7.27. The minimum absolute atomic E-state index is 0.258. The van der Waals surface area contributed by atoms with Gasteiger partial charge in [-0.05, 0) is 19.3 Å². The molecule has 7 N–H and O–H groups in total. The van der Waals surface area contributed by atoms with Crippen LogP contribution in [0.5, 0.6) is 0 Å². The predicted molar refractivity (Wildman–Crippen MR) is 219 cm³/mol. The van der Waals surface area contributed by atoms with Crippen molar-refractivity contribution in [2.75, 3.05) is 19.9 Å². The van der Waals surface area contributed by atoms with Crippen molar-refractivity contribution < 1.29 is 54.1 Å². The first-order valence-electron chi connectivity index (χ1n) is 22.8. The van der Waals surface area contributed by atoms with Gasteiger partial charge in [-0.1, -0.05) is 167 Å². The van der Waals surface area contributed by atoms with E-state index in [2.05, 4.69) is 12.2 Å². The van der Waals surface area contributed by atoms with Crippen LogP contribution in [0.3, 0.4) is 0 Å². The maximum atomic E-state index is 13.0. The highest BCUT2D eigenvalue weighted by Crippen LogP contribution is 2.23. The summed E-state index contributed by atoms with van der Waals surface area (Å²) in [6, 6.07) is -1.01. The van der Waals surface area contributed by atoms with Crippen LogP contribution >= 0.6 is 0 Å². The number of unbranched alkanes of at least 4 members (excludes halogenated alkanes) is 25. The molecule has 0 saturated carbocycles. The zero-order valence-electron chi connectivity index (χ0n) is 35.1. The molecule has 0 unspecified atom stereocenters. The van der Waals surface area contributed by atoms with E-state index in [1.165, 1.54) is 103 Å². The van der Waals surface area contributed by atoms with Crippen LogP contribution in [-0.4, -0.2) is 111 Å². The number of hydrogen-bond acceptors (Lipinski definition) is 10. The smallest absolute Gasteiger partial charge is 0.220 e. The molecule has 1 aliphatic heterocycles. The van der Waals surface area contributed by atoms with Crippen LogP contribution in [0.4, 0.5) is 4.39 Å². The van der Waals surface area contributed by atoms with Crippen molar-refractivity contribution in [2.24, 2.45) is 0 Å². The third-order valence-corrected chi connectivity index (χ3v) is 11.3. The normalized spacial score (nSPS) is 21.5. The fraction of sp³-hybridized carbons (Fsp3) is 0.955. The van der Waals surface area contributed by atoms with Crippen molar-refractivity contribution in [2.45, 2.75) is 249 Å². The lowest BCUT2D eigenvalue weighted by molar-refractivity contribution is -0.303. The SMILES string of the molecule is CCCCCCCCCCCCCC[C@@H](O)[C@@H](O)[C@H](CO[C@H]1O[C@H](CO)[C@H](O)[C@H](O)[C@H]1O)NC(=O)CCCCCCCCCCCCCCCCCC(=O)CF. The van der Waals surface area contributed by atoms with E-state index in [0.717, 1.165) is 64.2 Å². The molecule has 0 aromatic heterocycles. The Labute approximate surface area is 338 Å². The lowest BCUT2D eigenvalue weighted by Gasteiger charge is -2.40. The van der Waals surface area contributed by atoms with Crippen LogP contribution < -0.4 is 5.32 Å². The second kappa shape index (κ2) is 35.7. The largest absolute Gasteiger partial charge is 0.394 e. The highest BCUT2D eigenvalue weighted by Gasteiger charge is 2.44. The average molecular weight is 806 g/mol. The number of nitrogens with one attached hydrogen (secondary N) is 1. The zero-order valence-corrected chi connectivity index (χ0v) is 35.1. The molecule has 1 heterocycles. The number of ether oxygens (including phenoxy) is 2. The zero-order chi connectivity index (χ0) is 41.2. The molecule has 1 rings (SSSR count). The first-order valence-corrected chi connectivity index (χ1v) is 22.8. The van der Waals surface area contributed by atoms with E-state index in [-0.39, 0.29) is 24.7 Å². The number of carbonyl (C=O) groups is 2.